The minimum Gasteiger partial charge on any atom is -0.396 e. The van der Waals surface area contributed by atoms with Crippen molar-refractivity contribution < 1.29 is 19.4 Å². The van der Waals surface area contributed by atoms with E-state index in [1.165, 1.54) is 11.1 Å². The van der Waals surface area contributed by atoms with Crippen LogP contribution in [-0.4, -0.2) is 86.3 Å². The van der Waals surface area contributed by atoms with Gasteiger partial charge >= 0.3 is 0 Å². The van der Waals surface area contributed by atoms with Gasteiger partial charge in [-0.2, -0.15) is 0 Å². The summed E-state index contributed by atoms with van der Waals surface area (Å²) in [4.78, 5) is 31.5. The number of fused-ring (bicyclic) bond motifs is 2. The number of nitrogens with zero attached hydrogens (tertiary/aromatic N) is 3. The summed E-state index contributed by atoms with van der Waals surface area (Å²) < 4.78 is 5.02. The summed E-state index contributed by atoms with van der Waals surface area (Å²) in [7, 11) is 1.60. The van der Waals surface area contributed by atoms with Crippen LogP contribution >= 0.6 is 0 Å². The van der Waals surface area contributed by atoms with E-state index in [2.05, 4.69) is 30.0 Å². The van der Waals surface area contributed by atoms with E-state index < -0.39 is 0 Å². The number of carbonyl (C=O) groups is 2. The second-order valence-corrected chi connectivity index (χ2v) is 9.19. The quantitative estimate of drug-likeness (QED) is 0.752. The van der Waals surface area contributed by atoms with Crippen molar-refractivity contribution in [1.82, 2.24) is 9.80 Å². The summed E-state index contributed by atoms with van der Waals surface area (Å²) in [6.07, 6.45) is 2.39. The molecule has 30 heavy (non-hydrogen) atoms. The van der Waals surface area contributed by atoms with Gasteiger partial charge in [-0.15, -0.1) is 0 Å². The third kappa shape index (κ3) is 3.98. The third-order valence-corrected chi connectivity index (χ3v) is 7.03. The number of hydrogen-bond donors (Lipinski definition) is 1. The van der Waals surface area contributed by atoms with Crippen LogP contribution in [0.15, 0.2) is 18.2 Å². The monoisotopic (exact) mass is 415 g/mol. The van der Waals surface area contributed by atoms with Crippen molar-refractivity contribution in [3.8, 4) is 0 Å². The van der Waals surface area contributed by atoms with Gasteiger partial charge in [-0.1, -0.05) is 17.7 Å². The fraction of sp³-hybridized carbons (Fsp3) is 0.652. The molecule has 1 aromatic rings. The van der Waals surface area contributed by atoms with E-state index in [0.717, 1.165) is 31.6 Å². The zero-order chi connectivity index (χ0) is 21.3. The first-order chi connectivity index (χ1) is 14.5. The second-order valence-electron chi connectivity index (χ2n) is 9.19. The summed E-state index contributed by atoms with van der Waals surface area (Å²) >= 11 is 0. The van der Waals surface area contributed by atoms with Crippen molar-refractivity contribution in [2.45, 2.75) is 26.2 Å². The molecule has 7 nitrogen and oxygen atoms in total. The molecule has 2 amide bonds. The minimum atomic E-state index is -0.320. The highest BCUT2D eigenvalue weighted by Gasteiger charge is 2.53. The number of anilines is 1. The van der Waals surface area contributed by atoms with Gasteiger partial charge < -0.3 is 19.6 Å². The van der Waals surface area contributed by atoms with Crippen LogP contribution < -0.4 is 4.90 Å². The van der Waals surface area contributed by atoms with E-state index in [1.807, 2.05) is 9.80 Å². The molecule has 3 aliphatic rings. The van der Waals surface area contributed by atoms with Gasteiger partial charge in [-0.05, 0) is 37.3 Å². The number of benzene rings is 1. The lowest BCUT2D eigenvalue weighted by Crippen LogP contribution is -2.44. The molecule has 4 rings (SSSR count). The number of methoxy groups -OCH3 is 1. The molecule has 2 fully saturated rings. The first kappa shape index (κ1) is 21.3. The molecule has 1 N–H and O–H groups in total. The maximum atomic E-state index is 13.1. The fourth-order valence-corrected chi connectivity index (χ4v) is 5.43. The fourth-order valence-electron chi connectivity index (χ4n) is 5.43. The summed E-state index contributed by atoms with van der Waals surface area (Å²) in [5.74, 6) is 0.417. The highest BCUT2D eigenvalue weighted by atomic mass is 16.5. The Bertz CT molecular complexity index is 814. The van der Waals surface area contributed by atoms with Crippen LogP contribution in [0.25, 0.3) is 0 Å². The third-order valence-electron chi connectivity index (χ3n) is 7.03. The van der Waals surface area contributed by atoms with E-state index in [4.69, 9.17) is 4.74 Å². The Labute approximate surface area is 178 Å². The molecule has 7 heteroatoms. The first-order valence-electron chi connectivity index (χ1n) is 11.0. The van der Waals surface area contributed by atoms with Crippen LogP contribution in [0.3, 0.4) is 0 Å². The molecule has 1 aromatic carbocycles. The van der Waals surface area contributed by atoms with Gasteiger partial charge in [0.2, 0.25) is 11.8 Å². The maximum absolute atomic E-state index is 13.1. The summed E-state index contributed by atoms with van der Waals surface area (Å²) in [6, 6.07) is 6.32. The molecule has 3 aliphatic heterocycles. The highest BCUT2D eigenvalue weighted by molar-refractivity contribution is 5.96. The molecule has 0 unspecified atom stereocenters. The van der Waals surface area contributed by atoms with Gasteiger partial charge in [0, 0.05) is 50.9 Å². The Hall–Kier alpha value is -1.96. The highest BCUT2D eigenvalue weighted by Crippen LogP contribution is 2.42. The van der Waals surface area contributed by atoms with Gasteiger partial charge in [0.15, 0.2) is 0 Å². The van der Waals surface area contributed by atoms with Crippen molar-refractivity contribution in [1.29, 1.82) is 0 Å². The molecule has 0 spiro atoms. The molecular formula is C23H33N3O4. The van der Waals surface area contributed by atoms with E-state index >= 15 is 0 Å². The first-order valence-corrected chi connectivity index (χ1v) is 11.0. The van der Waals surface area contributed by atoms with E-state index in [0.29, 0.717) is 39.2 Å². The van der Waals surface area contributed by atoms with Gasteiger partial charge in [-0.25, -0.2) is 0 Å². The van der Waals surface area contributed by atoms with Crippen LogP contribution in [0, 0.1) is 18.3 Å². The van der Waals surface area contributed by atoms with Crippen LogP contribution in [0.1, 0.15) is 24.0 Å². The predicted molar refractivity (Wildman–Crippen MR) is 114 cm³/mol. The Balaban J connectivity index is 1.39. The van der Waals surface area contributed by atoms with Crippen molar-refractivity contribution in [3.05, 3.63) is 29.3 Å². The molecular weight excluding hydrogens is 382 g/mol. The average Bonchev–Trinajstić information content (AvgIpc) is 3.25. The number of likely N-dealkylation sites (tertiary alicyclic amines) is 2. The van der Waals surface area contributed by atoms with Crippen LogP contribution in [-0.2, 0) is 20.7 Å². The van der Waals surface area contributed by atoms with Crippen LogP contribution in [0.5, 0.6) is 0 Å². The number of aliphatic hydroxyl groups is 1. The smallest absolute Gasteiger partial charge is 0.241 e. The lowest BCUT2D eigenvalue weighted by Gasteiger charge is -2.32. The zero-order valence-corrected chi connectivity index (χ0v) is 18.1. The minimum absolute atomic E-state index is 0.0439. The topological polar surface area (TPSA) is 73.3 Å². The van der Waals surface area contributed by atoms with Gasteiger partial charge in [0.25, 0.3) is 0 Å². The molecule has 0 radical (unpaired) electrons. The Morgan fingerprint density at radius 1 is 1.23 bits per heavy atom. The molecule has 0 bridgehead atoms. The van der Waals surface area contributed by atoms with Gasteiger partial charge in [0.05, 0.1) is 26.2 Å². The van der Waals surface area contributed by atoms with Gasteiger partial charge in [-0.3, -0.25) is 14.5 Å². The van der Waals surface area contributed by atoms with Gasteiger partial charge in [0.1, 0.15) is 0 Å². The number of aliphatic hydroxyl groups excluding tert-OH is 1. The molecule has 2 saturated heterocycles. The number of carbonyl (C=O) groups excluding carboxylic acids is 2. The molecule has 164 valence electrons. The molecule has 3 heterocycles. The van der Waals surface area contributed by atoms with Crippen molar-refractivity contribution in [2.24, 2.45) is 11.3 Å². The van der Waals surface area contributed by atoms with E-state index in [1.54, 1.807) is 7.11 Å². The average molecular weight is 416 g/mol. The normalized spacial score (nSPS) is 26.0. The SMILES string of the molecule is COCCC(=O)N1C[C@@H]2CN(CC(=O)N3CCCc4cc(C)ccc43)C[C@]2(CO)C1. The van der Waals surface area contributed by atoms with Crippen molar-refractivity contribution in [3.63, 3.8) is 0 Å². The van der Waals surface area contributed by atoms with Crippen LogP contribution in [0.2, 0.25) is 0 Å². The van der Waals surface area contributed by atoms with E-state index in [-0.39, 0.29) is 29.8 Å². The number of hydrogen-bond acceptors (Lipinski definition) is 5. The molecule has 0 aliphatic carbocycles. The number of amides is 2. The lowest BCUT2D eigenvalue weighted by molar-refractivity contribution is -0.132. The standard InChI is InChI=1S/C23H33N3O4/c1-17-5-6-20-18(10-17)4-3-8-26(20)22(29)13-24-11-19-12-25(21(28)7-9-30-2)15-23(19,14-24)16-27/h5-6,10,19,27H,3-4,7-9,11-16H2,1-2H3/t19-,23+/m0/s1. The van der Waals surface area contributed by atoms with Crippen LogP contribution in [0.4, 0.5) is 5.69 Å². The number of rotatable bonds is 6. The second kappa shape index (κ2) is 8.65. The lowest BCUT2D eigenvalue weighted by atomic mass is 9.82. The van der Waals surface area contributed by atoms with Crippen molar-refractivity contribution in [2.75, 3.05) is 64.5 Å². The molecule has 2 atom stereocenters. The van der Waals surface area contributed by atoms with Crippen molar-refractivity contribution >= 4 is 17.5 Å². The number of aryl methyl sites for hydroxylation is 2. The zero-order valence-electron chi connectivity index (χ0n) is 18.1. The Morgan fingerprint density at radius 2 is 2.07 bits per heavy atom. The molecule has 0 saturated carbocycles. The predicted octanol–water partition coefficient (Wildman–Crippen LogP) is 1.06. The Kier molecular flexibility index (Phi) is 6.14. The summed E-state index contributed by atoms with van der Waals surface area (Å²) in [6.45, 7) is 6.29. The number of ether oxygens (including phenoxy) is 1. The maximum Gasteiger partial charge on any atom is 0.241 e. The summed E-state index contributed by atoms with van der Waals surface area (Å²) in [5, 5.41) is 10.2. The molecule has 0 aromatic heterocycles. The summed E-state index contributed by atoms with van der Waals surface area (Å²) in [5.41, 5.74) is 3.21. The largest absolute Gasteiger partial charge is 0.396 e. The Morgan fingerprint density at radius 3 is 2.80 bits per heavy atom. The van der Waals surface area contributed by atoms with E-state index in [9.17, 15) is 14.7 Å².